The first-order valence-electron chi connectivity index (χ1n) is 8.36. The molecule has 1 saturated carbocycles. The van der Waals surface area contributed by atoms with Crippen LogP contribution in [0, 0.1) is 11.8 Å². The molecule has 0 amide bonds. The second-order valence-electron chi connectivity index (χ2n) is 6.89. The van der Waals surface area contributed by atoms with E-state index < -0.39 is 0 Å². The fourth-order valence-electron chi connectivity index (χ4n) is 3.05. The molecule has 0 spiro atoms. The minimum Gasteiger partial charge on any atom is -0.315 e. The number of nitrogens with one attached hydrogen (secondary N) is 1. The summed E-state index contributed by atoms with van der Waals surface area (Å²) >= 11 is 0. The Morgan fingerprint density at radius 1 is 1.05 bits per heavy atom. The van der Waals surface area contributed by atoms with Gasteiger partial charge in [-0.1, -0.05) is 20.8 Å². The second kappa shape index (κ2) is 7.61. The zero-order valence-corrected chi connectivity index (χ0v) is 13.2. The maximum absolute atomic E-state index is 3.63. The van der Waals surface area contributed by atoms with Gasteiger partial charge in [0.05, 0.1) is 0 Å². The third-order valence-corrected chi connectivity index (χ3v) is 4.54. The van der Waals surface area contributed by atoms with Gasteiger partial charge in [0.1, 0.15) is 0 Å². The summed E-state index contributed by atoms with van der Waals surface area (Å²) in [6.07, 6.45) is 4.24. The van der Waals surface area contributed by atoms with Crippen molar-refractivity contribution in [2.45, 2.75) is 46.1 Å². The van der Waals surface area contributed by atoms with E-state index >= 15 is 0 Å². The molecule has 0 aromatic carbocycles. The Balaban J connectivity index is 1.65. The highest BCUT2D eigenvalue weighted by atomic mass is 15.3. The molecule has 19 heavy (non-hydrogen) atoms. The molecule has 0 aromatic heterocycles. The summed E-state index contributed by atoms with van der Waals surface area (Å²) in [4.78, 5) is 5.39. The van der Waals surface area contributed by atoms with Gasteiger partial charge in [-0.05, 0) is 37.6 Å². The SMILES string of the molecule is CCC(CNCC(C)C)N1CCN(CC2CC2)CC1. The predicted octanol–water partition coefficient (Wildman–Crippen LogP) is 2.04. The van der Waals surface area contributed by atoms with Crippen LogP contribution >= 0.6 is 0 Å². The molecule has 2 aliphatic rings. The summed E-state index contributed by atoms with van der Waals surface area (Å²) in [5, 5.41) is 3.63. The van der Waals surface area contributed by atoms with Gasteiger partial charge in [-0.15, -0.1) is 0 Å². The van der Waals surface area contributed by atoms with Gasteiger partial charge in [-0.25, -0.2) is 0 Å². The van der Waals surface area contributed by atoms with Gasteiger partial charge in [-0.3, -0.25) is 4.90 Å². The van der Waals surface area contributed by atoms with E-state index in [1.54, 1.807) is 0 Å². The van der Waals surface area contributed by atoms with Gasteiger partial charge in [0.25, 0.3) is 0 Å². The first-order chi connectivity index (χ1) is 9.19. The van der Waals surface area contributed by atoms with Crippen molar-refractivity contribution in [3.8, 4) is 0 Å². The Hall–Kier alpha value is -0.120. The number of piperazine rings is 1. The number of hydrogen-bond acceptors (Lipinski definition) is 3. The molecule has 1 heterocycles. The van der Waals surface area contributed by atoms with Crippen molar-refractivity contribution in [1.82, 2.24) is 15.1 Å². The van der Waals surface area contributed by atoms with Crippen LogP contribution in [0.3, 0.4) is 0 Å². The normalized spacial score (nSPS) is 24.0. The number of nitrogens with zero attached hydrogens (tertiary/aromatic N) is 2. The molecular weight excluding hydrogens is 234 g/mol. The highest BCUT2D eigenvalue weighted by Gasteiger charge is 2.27. The van der Waals surface area contributed by atoms with Gasteiger partial charge in [0, 0.05) is 45.3 Å². The van der Waals surface area contributed by atoms with E-state index in [1.807, 2.05) is 0 Å². The topological polar surface area (TPSA) is 18.5 Å². The smallest absolute Gasteiger partial charge is 0.0219 e. The van der Waals surface area contributed by atoms with Crippen molar-refractivity contribution in [2.24, 2.45) is 11.8 Å². The standard InChI is InChI=1S/C16H33N3/c1-4-16(12-17-11-14(2)3)19-9-7-18(8-10-19)13-15-5-6-15/h14-17H,4-13H2,1-3H3. The summed E-state index contributed by atoms with van der Waals surface area (Å²) in [7, 11) is 0. The van der Waals surface area contributed by atoms with Gasteiger partial charge < -0.3 is 10.2 Å². The molecule has 3 heteroatoms. The minimum absolute atomic E-state index is 0.738. The van der Waals surface area contributed by atoms with E-state index in [0.717, 1.165) is 31.0 Å². The second-order valence-corrected chi connectivity index (χ2v) is 6.89. The van der Waals surface area contributed by atoms with Crippen molar-refractivity contribution in [2.75, 3.05) is 45.8 Å². The molecular formula is C16H33N3. The molecule has 2 rings (SSSR count). The lowest BCUT2D eigenvalue weighted by atomic mass is 10.1. The summed E-state index contributed by atoms with van der Waals surface area (Å²) in [6, 6.07) is 0.738. The molecule has 0 aromatic rings. The van der Waals surface area contributed by atoms with Gasteiger partial charge in [-0.2, -0.15) is 0 Å². The lowest BCUT2D eigenvalue weighted by Gasteiger charge is -2.39. The molecule has 2 fully saturated rings. The monoisotopic (exact) mass is 267 g/mol. The van der Waals surface area contributed by atoms with Crippen molar-refractivity contribution < 1.29 is 0 Å². The Morgan fingerprint density at radius 3 is 2.26 bits per heavy atom. The first kappa shape index (κ1) is 15.3. The lowest BCUT2D eigenvalue weighted by molar-refractivity contribution is 0.0903. The van der Waals surface area contributed by atoms with Gasteiger partial charge in [0.15, 0.2) is 0 Å². The van der Waals surface area contributed by atoms with Crippen LogP contribution in [0.15, 0.2) is 0 Å². The third-order valence-electron chi connectivity index (χ3n) is 4.54. The average Bonchev–Trinajstić information content (AvgIpc) is 3.20. The van der Waals surface area contributed by atoms with Crippen LogP contribution in [0.4, 0.5) is 0 Å². The molecule has 1 atom stereocenters. The molecule has 1 aliphatic heterocycles. The van der Waals surface area contributed by atoms with Crippen LogP contribution in [0.2, 0.25) is 0 Å². The molecule has 1 aliphatic carbocycles. The largest absolute Gasteiger partial charge is 0.315 e. The fraction of sp³-hybridized carbons (Fsp3) is 1.00. The lowest BCUT2D eigenvalue weighted by Crippen LogP contribution is -2.53. The van der Waals surface area contributed by atoms with Crippen molar-refractivity contribution in [3.05, 3.63) is 0 Å². The average molecular weight is 267 g/mol. The van der Waals surface area contributed by atoms with E-state index in [9.17, 15) is 0 Å². The summed E-state index contributed by atoms with van der Waals surface area (Å²) in [5.41, 5.74) is 0. The highest BCUT2D eigenvalue weighted by molar-refractivity contribution is 4.83. The number of rotatable bonds is 8. The van der Waals surface area contributed by atoms with E-state index in [2.05, 4.69) is 35.9 Å². The van der Waals surface area contributed by atoms with E-state index in [1.165, 1.54) is 52.0 Å². The predicted molar refractivity (Wildman–Crippen MR) is 82.5 cm³/mol. The quantitative estimate of drug-likeness (QED) is 0.726. The van der Waals surface area contributed by atoms with Crippen LogP contribution < -0.4 is 5.32 Å². The summed E-state index contributed by atoms with van der Waals surface area (Å²) < 4.78 is 0. The van der Waals surface area contributed by atoms with E-state index in [0.29, 0.717) is 0 Å². The molecule has 1 saturated heterocycles. The Morgan fingerprint density at radius 2 is 1.74 bits per heavy atom. The first-order valence-corrected chi connectivity index (χ1v) is 8.36. The van der Waals surface area contributed by atoms with Gasteiger partial charge >= 0.3 is 0 Å². The Kier molecular flexibility index (Phi) is 6.11. The number of hydrogen-bond donors (Lipinski definition) is 1. The van der Waals surface area contributed by atoms with Crippen molar-refractivity contribution in [1.29, 1.82) is 0 Å². The van der Waals surface area contributed by atoms with E-state index in [4.69, 9.17) is 0 Å². The van der Waals surface area contributed by atoms with Crippen LogP contribution in [0.1, 0.15) is 40.0 Å². The Bertz CT molecular complexity index is 242. The summed E-state index contributed by atoms with van der Waals surface area (Å²) in [5.74, 6) is 1.80. The fourth-order valence-corrected chi connectivity index (χ4v) is 3.05. The summed E-state index contributed by atoms with van der Waals surface area (Å²) in [6.45, 7) is 15.7. The van der Waals surface area contributed by atoms with Crippen LogP contribution in [-0.4, -0.2) is 61.7 Å². The molecule has 0 radical (unpaired) electrons. The maximum Gasteiger partial charge on any atom is 0.0219 e. The van der Waals surface area contributed by atoms with Crippen molar-refractivity contribution in [3.63, 3.8) is 0 Å². The molecule has 3 nitrogen and oxygen atoms in total. The van der Waals surface area contributed by atoms with E-state index in [-0.39, 0.29) is 0 Å². The van der Waals surface area contributed by atoms with Crippen LogP contribution in [-0.2, 0) is 0 Å². The molecule has 1 unspecified atom stereocenters. The van der Waals surface area contributed by atoms with Crippen LogP contribution in [0.25, 0.3) is 0 Å². The van der Waals surface area contributed by atoms with Crippen LogP contribution in [0.5, 0.6) is 0 Å². The minimum atomic E-state index is 0.738. The molecule has 0 bridgehead atoms. The van der Waals surface area contributed by atoms with Gasteiger partial charge in [0.2, 0.25) is 0 Å². The van der Waals surface area contributed by atoms with Crippen molar-refractivity contribution >= 4 is 0 Å². The highest BCUT2D eigenvalue weighted by Crippen LogP contribution is 2.30. The zero-order chi connectivity index (χ0) is 13.7. The zero-order valence-electron chi connectivity index (χ0n) is 13.2. The maximum atomic E-state index is 3.63. The molecule has 112 valence electrons. The third kappa shape index (κ3) is 5.41. The molecule has 1 N–H and O–H groups in total. The Labute approximate surface area is 119 Å².